The fourth-order valence-electron chi connectivity index (χ4n) is 3.19. The van der Waals surface area contributed by atoms with Crippen LogP contribution in [0, 0.1) is 6.92 Å². The minimum atomic E-state index is -3.73. The SMILES string of the molecule is Cc1oc(S(=O)(=O)N(C)C)cc1C(=O)N1C[C@@H](N)[C@H](c2ccccc2)C1.Cl. The second-order valence-electron chi connectivity index (χ2n) is 6.71. The number of benzene rings is 1. The molecule has 1 aliphatic rings. The van der Waals surface area contributed by atoms with E-state index >= 15 is 0 Å². The summed E-state index contributed by atoms with van der Waals surface area (Å²) in [5.41, 5.74) is 7.60. The van der Waals surface area contributed by atoms with Crippen molar-refractivity contribution in [3.63, 3.8) is 0 Å². The monoisotopic (exact) mass is 413 g/mol. The zero-order valence-electron chi connectivity index (χ0n) is 15.5. The Morgan fingerprint density at radius 1 is 1.22 bits per heavy atom. The van der Waals surface area contributed by atoms with Crippen LogP contribution >= 0.6 is 12.4 Å². The van der Waals surface area contributed by atoms with Crippen molar-refractivity contribution in [1.29, 1.82) is 0 Å². The lowest BCUT2D eigenvalue weighted by molar-refractivity contribution is 0.0787. The van der Waals surface area contributed by atoms with E-state index in [-0.39, 0.29) is 46.7 Å². The van der Waals surface area contributed by atoms with Crippen molar-refractivity contribution < 1.29 is 17.6 Å². The van der Waals surface area contributed by atoms with E-state index in [4.69, 9.17) is 10.2 Å². The maximum Gasteiger partial charge on any atom is 0.275 e. The Hall–Kier alpha value is -1.87. The molecule has 1 aromatic heterocycles. The number of nitrogens with zero attached hydrogens (tertiary/aromatic N) is 2. The second kappa shape index (κ2) is 8.02. The molecular formula is C18H24ClN3O4S. The van der Waals surface area contributed by atoms with Gasteiger partial charge in [0.05, 0.1) is 5.56 Å². The highest BCUT2D eigenvalue weighted by Crippen LogP contribution is 2.29. The Morgan fingerprint density at radius 3 is 2.44 bits per heavy atom. The third-order valence-corrected chi connectivity index (χ3v) is 6.41. The summed E-state index contributed by atoms with van der Waals surface area (Å²) >= 11 is 0. The largest absolute Gasteiger partial charge is 0.448 e. The zero-order valence-corrected chi connectivity index (χ0v) is 17.1. The van der Waals surface area contributed by atoms with Crippen LogP contribution in [0.4, 0.5) is 0 Å². The number of rotatable bonds is 4. The first kappa shape index (κ1) is 21.4. The molecule has 1 saturated heterocycles. The van der Waals surface area contributed by atoms with Crippen molar-refractivity contribution in [3.05, 3.63) is 53.3 Å². The molecule has 7 nitrogen and oxygen atoms in total. The van der Waals surface area contributed by atoms with Gasteiger partial charge in [0.25, 0.3) is 15.9 Å². The lowest BCUT2D eigenvalue weighted by atomic mass is 9.95. The Balaban J connectivity index is 0.00000261. The smallest absolute Gasteiger partial charge is 0.275 e. The van der Waals surface area contributed by atoms with Gasteiger partial charge in [-0.15, -0.1) is 12.4 Å². The highest BCUT2D eigenvalue weighted by Gasteiger charge is 2.36. The van der Waals surface area contributed by atoms with E-state index in [1.807, 2.05) is 30.3 Å². The molecule has 2 atom stereocenters. The van der Waals surface area contributed by atoms with E-state index in [1.54, 1.807) is 11.8 Å². The van der Waals surface area contributed by atoms with E-state index in [1.165, 1.54) is 20.2 Å². The fraction of sp³-hybridized carbons (Fsp3) is 0.389. The molecule has 27 heavy (non-hydrogen) atoms. The summed E-state index contributed by atoms with van der Waals surface area (Å²) in [6, 6.07) is 11.0. The van der Waals surface area contributed by atoms with Crippen molar-refractivity contribution in [1.82, 2.24) is 9.21 Å². The van der Waals surface area contributed by atoms with E-state index in [9.17, 15) is 13.2 Å². The number of carbonyl (C=O) groups excluding carboxylic acids is 1. The predicted octanol–water partition coefficient (Wildman–Crippen LogP) is 1.83. The van der Waals surface area contributed by atoms with Gasteiger partial charge in [-0.1, -0.05) is 30.3 Å². The van der Waals surface area contributed by atoms with Gasteiger partial charge in [0.1, 0.15) is 5.76 Å². The average molecular weight is 414 g/mol. The Labute approximate surface area is 165 Å². The number of furan rings is 1. The second-order valence-corrected chi connectivity index (χ2v) is 8.80. The molecule has 0 aliphatic carbocycles. The number of aryl methyl sites for hydroxylation is 1. The molecule has 1 aromatic carbocycles. The van der Waals surface area contributed by atoms with Gasteiger partial charge in [-0.05, 0) is 12.5 Å². The summed E-state index contributed by atoms with van der Waals surface area (Å²) in [4.78, 5) is 14.6. The van der Waals surface area contributed by atoms with Crippen LogP contribution in [-0.4, -0.2) is 56.8 Å². The molecule has 0 radical (unpaired) electrons. The minimum Gasteiger partial charge on any atom is -0.448 e. The molecule has 0 saturated carbocycles. The predicted molar refractivity (Wildman–Crippen MR) is 105 cm³/mol. The topological polar surface area (TPSA) is 96.8 Å². The average Bonchev–Trinajstić information content (AvgIpc) is 3.18. The van der Waals surface area contributed by atoms with Crippen LogP contribution in [0.3, 0.4) is 0 Å². The van der Waals surface area contributed by atoms with E-state index in [0.717, 1.165) is 9.87 Å². The number of amides is 1. The van der Waals surface area contributed by atoms with Crippen molar-refractivity contribution >= 4 is 28.3 Å². The molecule has 0 bridgehead atoms. The molecule has 2 N–H and O–H groups in total. The summed E-state index contributed by atoms with van der Waals surface area (Å²) in [6.45, 7) is 2.50. The van der Waals surface area contributed by atoms with Crippen LogP contribution in [-0.2, 0) is 10.0 Å². The Morgan fingerprint density at radius 2 is 1.85 bits per heavy atom. The Kier molecular flexibility index (Phi) is 6.36. The summed E-state index contributed by atoms with van der Waals surface area (Å²) in [5, 5.41) is -0.230. The first-order valence-corrected chi connectivity index (χ1v) is 9.78. The summed E-state index contributed by atoms with van der Waals surface area (Å²) in [6.07, 6.45) is 0. The van der Waals surface area contributed by atoms with Gasteiger partial charge in [0.15, 0.2) is 0 Å². The number of halogens is 1. The van der Waals surface area contributed by atoms with Crippen molar-refractivity contribution in [2.75, 3.05) is 27.2 Å². The first-order chi connectivity index (χ1) is 12.2. The Bertz CT molecular complexity index is 912. The number of hydrogen-bond donors (Lipinski definition) is 1. The standard InChI is InChI=1S/C18H23N3O4S.ClH/c1-12-14(9-17(25-12)26(23,24)20(2)3)18(22)21-10-15(16(19)11-21)13-7-5-4-6-8-13;/h4-9,15-16H,10-11,19H2,1-3H3;1H/t15-,16+;/m0./s1. The van der Waals surface area contributed by atoms with Crippen molar-refractivity contribution in [3.8, 4) is 0 Å². The van der Waals surface area contributed by atoms with Crippen molar-refractivity contribution in [2.45, 2.75) is 24.0 Å². The van der Waals surface area contributed by atoms with Gasteiger partial charge >= 0.3 is 0 Å². The quantitative estimate of drug-likeness (QED) is 0.824. The number of likely N-dealkylation sites (tertiary alicyclic amines) is 1. The molecule has 1 amide bonds. The maximum atomic E-state index is 12.9. The summed E-state index contributed by atoms with van der Waals surface area (Å²) < 4.78 is 30.8. The molecule has 2 aromatic rings. The normalized spacial score (nSPS) is 20.0. The number of carbonyl (C=O) groups is 1. The van der Waals surface area contributed by atoms with Crippen LogP contribution < -0.4 is 5.73 Å². The summed E-state index contributed by atoms with van der Waals surface area (Å²) in [5.74, 6) is 0.0739. The first-order valence-electron chi connectivity index (χ1n) is 8.34. The molecule has 9 heteroatoms. The molecule has 2 heterocycles. The van der Waals surface area contributed by atoms with Crippen LogP contribution in [0.5, 0.6) is 0 Å². The molecule has 1 fully saturated rings. The molecule has 1 aliphatic heterocycles. The van der Waals surface area contributed by atoms with Gasteiger partial charge in [-0.3, -0.25) is 4.79 Å². The lowest BCUT2D eigenvalue weighted by Crippen LogP contribution is -2.32. The third kappa shape index (κ3) is 4.03. The van der Waals surface area contributed by atoms with Crippen molar-refractivity contribution in [2.24, 2.45) is 5.73 Å². The third-order valence-electron chi connectivity index (χ3n) is 4.74. The van der Waals surface area contributed by atoms with Crippen LogP contribution in [0.2, 0.25) is 0 Å². The van der Waals surface area contributed by atoms with Gasteiger partial charge in [-0.2, -0.15) is 0 Å². The van der Waals surface area contributed by atoms with Gasteiger partial charge in [-0.25, -0.2) is 12.7 Å². The minimum absolute atomic E-state index is 0. The van der Waals surface area contributed by atoms with E-state index in [0.29, 0.717) is 13.1 Å². The molecule has 0 unspecified atom stereocenters. The van der Waals surface area contributed by atoms with E-state index < -0.39 is 10.0 Å². The van der Waals surface area contributed by atoms with Crippen LogP contribution in [0.1, 0.15) is 27.6 Å². The number of nitrogens with two attached hydrogens (primary N) is 1. The number of hydrogen-bond acceptors (Lipinski definition) is 5. The molecular weight excluding hydrogens is 390 g/mol. The van der Waals surface area contributed by atoms with Gasteiger partial charge < -0.3 is 15.1 Å². The molecule has 3 rings (SSSR count). The molecule has 0 spiro atoms. The highest BCUT2D eigenvalue weighted by molar-refractivity contribution is 7.88. The van der Waals surface area contributed by atoms with Gasteiger partial charge in [0, 0.05) is 45.2 Å². The zero-order chi connectivity index (χ0) is 19.1. The lowest BCUT2D eigenvalue weighted by Gasteiger charge is -2.16. The fourth-order valence-corrected chi connectivity index (χ4v) is 4.05. The summed E-state index contributed by atoms with van der Waals surface area (Å²) in [7, 11) is -0.898. The van der Waals surface area contributed by atoms with Gasteiger partial charge in [0.2, 0.25) is 5.09 Å². The maximum absolute atomic E-state index is 12.9. The molecule has 148 valence electrons. The number of sulfonamides is 1. The highest BCUT2D eigenvalue weighted by atomic mass is 35.5. The van der Waals surface area contributed by atoms with Crippen LogP contribution in [0.15, 0.2) is 45.9 Å². The van der Waals surface area contributed by atoms with Crippen LogP contribution in [0.25, 0.3) is 0 Å². The van der Waals surface area contributed by atoms with E-state index in [2.05, 4.69) is 0 Å².